The van der Waals surface area contributed by atoms with Gasteiger partial charge in [-0.2, -0.15) is 0 Å². The molecule has 108 valence electrons. The molecule has 1 aliphatic heterocycles. The van der Waals surface area contributed by atoms with E-state index in [-0.39, 0.29) is 23.7 Å². The lowest BCUT2D eigenvalue weighted by Gasteiger charge is -2.17. The highest BCUT2D eigenvalue weighted by atomic mass is 19.1. The molecule has 0 aliphatic carbocycles. The highest BCUT2D eigenvalue weighted by molar-refractivity contribution is 5.96. The van der Waals surface area contributed by atoms with Gasteiger partial charge in [0.2, 0.25) is 11.8 Å². The maximum absolute atomic E-state index is 12.9. The van der Waals surface area contributed by atoms with Crippen LogP contribution in [0.25, 0.3) is 0 Å². The van der Waals surface area contributed by atoms with E-state index >= 15 is 0 Å². The first-order valence-corrected chi connectivity index (χ1v) is 6.81. The average Bonchev–Trinajstić information content (AvgIpc) is 2.70. The van der Waals surface area contributed by atoms with Gasteiger partial charge in [0.15, 0.2) is 0 Å². The van der Waals surface area contributed by atoms with Crippen LogP contribution in [0.2, 0.25) is 0 Å². The predicted molar refractivity (Wildman–Crippen MR) is 74.8 cm³/mol. The summed E-state index contributed by atoms with van der Waals surface area (Å²) in [5, 5.41) is 2.88. The molecule has 1 aliphatic rings. The lowest BCUT2D eigenvalue weighted by atomic mass is 10.1. The van der Waals surface area contributed by atoms with Gasteiger partial charge in [0.25, 0.3) is 0 Å². The van der Waals surface area contributed by atoms with Crippen LogP contribution >= 0.6 is 0 Å². The summed E-state index contributed by atoms with van der Waals surface area (Å²) in [4.78, 5) is 25.3. The van der Waals surface area contributed by atoms with E-state index in [1.54, 1.807) is 17.0 Å². The molecule has 0 spiro atoms. The minimum Gasteiger partial charge on any atom is -0.351 e. The Kier molecular flexibility index (Phi) is 4.37. The molecule has 1 fully saturated rings. The summed E-state index contributed by atoms with van der Waals surface area (Å²) in [6.45, 7) is 4.39. The standard InChI is InChI=1S/C15H19FN2O2/c1-10(2)7-14(19)17-12-8-15(20)18(9-12)13-5-3-11(16)4-6-13/h3-6,10,12H,7-9H2,1-2H3,(H,17,19). The fourth-order valence-corrected chi connectivity index (χ4v) is 2.33. The number of amides is 2. The van der Waals surface area contributed by atoms with E-state index in [1.165, 1.54) is 12.1 Å². The largest absolute Gasteiger partial charge is 0.351 e. The highest BCUT2D eigenvalue weighted by Gasteiger charge is 2.31. The summed E-state index contributed by atoms with van der Waals surface area (Å²) in [6.07, 6.45) is 0.752. The third-order valence-corrected chi connectivity index (χ3v) is 3.22. The van der Waals surface area contributed by atoms with Crippen LogP contribution < -0.4 is 10.2 Å². The van der Waals surface area contributed by atoms with Crippen molar-refractivity contribution in [3.8, 4) is 0 Å². The van der Waals surface area contributed by atoms with Crippen LogP contribution in [0, 0.1) is 11.7 Å². The first kappa shape index (κ1) is 14.5. The number of benzene rings is 1. The molecular formula is C15H19FN2O2. The molecule has 0 radical (unpaired) electrons. The van der Waals surface area contributed by atoms with Gasteiger partial charge in [-0.3, -0.25) is 9.59 Å². The topological polar surface area (TPSA) is 49.4 Å². The number of nitrogens with one attached hydrogen (secondary N) is 1. The maximum atomic E-state index is 12.9. The second kappa shape index (κ2) is 6.03. The average molecular weight is 278 g/mol. The minimum absolute atomic E-state index is 0.0289. The Hall–Kier alpha value is -1.91. The first-order valence-electron chi connectivity index (χ1n) is 6.81. The Morgan fingerprint density at radius 3 is 2.65 bits per heavy atom. The van der Waals surface area contributed by atoms with Crippen molar-refractivity contribution in [3.63, 3.8) is 0 Å². The van der Waals surface area contributed by atoms with Crippen LogP contribution in [0.15, 0.2) is 24.3 Å². The van der Waals surface area contributed by atoms with Gasteiger partial charge >= 0.3 is 0 Å². The molecule has 5 heteroatoms. The summed E-state index contributed by atoms with van der Waals surface area (Å²) < 4.78 is 12.9. The van der Waals surface area contributed by atoms with Crippen LogP contribution in [0.3, 0.4) is 0 Å². The smallest absolute Gasteiger partial charge is 0.229 e. The first-order chi connectivity index (χ1) is 9.45. The Balaban J connectivity index is 1.97. The second-order valence-electron chi connectivity index (χ2n) is 5.55. The molecule has 0 saturated carbocycles. The summed E-state index contributed by atoms with van der Waals surface area (Å²) in [6, 6.07) is 5.64. The van der Waals surface area contributed by atoms with E-state index in [0.29, 0.717) is 31.0 Å². The minimum atomic E-state index is -0.331. The number of carbonyl (C=O) groups is 2. The van der Waals surface area contributed by atoms with Crippen LogP contribution in [0.1, 0.15) is 26.7 Å². The van der Waals surface area contributed by atoms with E-state index in [9.17, 15) is 14.0 Å². The fourth-order valence-electron chi connectivity index (χ4n) is 2.33. The molecule has 1 atom stereocenters. The Labute approximate surface area is 118 Å². The number of nitrogens with zero attached hydrogens (tertiary/aromatic N) is 1. The van der Waals surface area contributed by atoms with Crippen molar-refractivity contribution in [1.29, 1.82) is 0 Å². The van der Waals surface area contributed by atoms with Crippen molar-refractivity contribution in [1.82, 2.24) is 5.32 Å². The molecule has 1 unspecified atom stereocenters. The van der Waals surface area contributed by atoms with Gasteiger partial charge in [-0.1, -0.05) is 13.8 Å². The zero-order valence-corrected chi connectivity index (χ0v) is 11.7. The van der Waals surface area contributed by atoms with Crippen molar-refractivity contribution in [2.75, 3.05) is 11.4 Å². The third-order valence-electron chi connectivity index (χ3n) is 3.22. The number of anilines is 1. The molecule has 1 heterocycles. The molecule has 1 aromatic rings. The maximum Gasteiger partial charge on any atom is 0.229 e. The van der Waals surface area contributed by atoms with Crippen LogP contribution in [-0.4, -0.2) is 24.4 Å². The van der Waals surface area contributed by atoms with Gasteiger partial charge in [0.1, 0.15) is 5.82 Å². The third kappa shape index (κ3) is 3.56. The monoisotopic (exact) mass is 278 g/mol. The van der Waals surface area contributed by atoms with Gasteiger partial charge in [-0.25, -0.2) is 4.39 Å². The number of hydrogen-bond donors (Lipinski definition) is 1. The zero-order valence-electron chi connectivity index (χ0n) is 11.7. The molecule has 0 aromatic heterocycles. The van der Waals surface area contributed by atoms with Crippen molar-refractivity contribution in [2.45, 2.75) is 32.7 Å². The van der Waals surface area contributed by atoms with Crippen molar-refractivity contribution >= 4 is 17.5 Å². The van der Waals surface area contributed by atoms with Gasteiger partial charge in [-0.15, -0.1) is 0 Å². The quantitative estimate of drug-likeness (QED) is 0.917. The zero-order chi connectivity index (χ0) is 14.7. The van der Waals surface area contributed by atoms with Gasteiger partial charge in [0.05, 0.1) is 6.04 Å². The summed E-state index contributed by atoms with van der Waals surface area (Å²) in [5.41, 5.74) is 0.664. The second-order valence-corrected chi connectivity index (χ2v) is 5.55. The highest BCUT2D eigenvalue weighted by Crippen LogP contribution is 2.21. The molecule has 0 bridgehead atoms. The summed E-state index contributed by atoms with van der Waals surface area (Å²) in [5.74, 6) is -0.118. The van der Waals surface area contributed by atoms with Crippen LogP contribution in [0.5, 0.6) is 0 Å². The predicted octanol–water partition coefficient (Wildman–Crippen LogP) is 2.09. The van der Waals surface area contributed by atoms with Crippen LogP contribution in [-0.2, 0) is 9.59 Å². The van der Waals surface area contributed by atoms with E-state index in [0.717, 1.165) is 0 Å². The van der Waals surface area contributed by atoms with E-state index in [2.05, 4.69) is 5.32 Å². The Bertz CT molecular complexity index is 499. The normalized spacial score (nSPS) is 18.7. The number of carbonyl (C=O) groups excluding carboxylic acids is 2. The molecule has 4 nitrogen and oxygen atoms in total. The van der Waals surface area contributed by atoms with E-state index < -0.39 is 0 Å². The fraction of sp³-hybridized carbons (Fsp3) is 0.467. The molecule has 2 amide bonds. The van der Waals surface area contributed by atoms with Crippen LogP contribution in [0.4, 0.5) is 10.1 Å². The molecule has 2 rings (SSSR count). The van der Waals surface area contributed by atoms with E-state index in [1.807, 2.05) is 13.8 Å². The molecule has 20 heavy (non-hydrogen) atoms. The van der Waals surface area contributed by atoms with Crippen molar-refractivity contribution < 1.29 is 14.0 Å². The van der Waals surface area contributed by atoms with Gasteiger partial charge < -0.3 is 10.2 Å². The number of hydrogen-bond acceptors (Lipinski definition) is 2. The Morgan fingerprint density at radius 1 is 1.40 bits per heavy atom. The number of rotatable bonds is 4. The number of halogens is 1. The summed E-state index contributed by atoms with van der Waals surface area (Å²) in [7, 11) is 0. The molecule has 1 saturated heterocycles. The molecule has 1 aromatic carbocycles. The molecular weight excluding hydrogens is 259 g/mol. The summed E-state index contributed by atoms with van der Waals surface area (Å²) >= 11 is 0. The van der Waals surface area contributed by atoms with Crippen molar-refractivity contribution in [2.24, 2.45) is 5.92 Å². The van der Waals surface area contributed by atoms with Crippen molar-refractivity contribution in [3.05, 3.63) is 30.1 Å². The Morgan fingerprint density at radius 2 is 2.05 bits per heavy atom. The van der Waals surface area contributed by atoms with Gasteiger partial charge in [0, 0.05) is 25.1 Å². The lowest BCUT2D eigenvalue weighted by Crippen LogP contribution is -2.37. The lowest BCUT2D eigenvalue weighted by molar-refractivity contribution is -0.122. The molecule has 1 N–H and O–H groups in total. The van der Waals surface area contributed by atoms with E-state index in [4.69, 9.17) is 0 Å². The SMILES string of the molecule is CC(C)CC(=O)NC1CC(=O)N(c2ccc(F)cc2)C1. The van der Waals surface area contributed by atoms with Gasteiger partial charge in [-0.05, 0) is 30.2 Å².